The summed E-state index contributed by atoms with van der Waals surface area (Å²) in [6, 6.07) is 9.78. The summed E-state index contributed by atoms with van der Waals surface area (Å²) in [6.45, 7) is 1.89. The topological polar surface area (TPSA) is 84.3 Å². The molecule has 23 heavy (non-hydrogen) atoms. The summed E-state index contributed by atoms with van der Waals surface area (Å²) < 4.78 is 13.6. The van der Waals surface area contributed by atoms with E-state index in [4.69, 9.17) is 12.2 Å². The number of amides is 1. The van der Waals surface area contributed by atoms with E-state index in [2.05, 4.69) is 10.6 Å². The van der Waals surface area contributed by atoms with Gasteiger partial charge in [-0.2, -0.15) is 0 Å². The average molecular weight is 333 g/mol. The highest BCUT2D eigenvalue weighted by Crippen LogP contribution is 2.21. The van der Waals surface area contributed by atoms with E-state index < -0.39 is 16.6 Å². The van der Waals surface area contributed by atoms with Crippen molar-refractivity contribution in [2.24, 2.45) is 0 Å². The van der Waals surface area contributed by atoms with E-state index in [-0.39, 0.29) is 16.5 Å². The van der Waals surface area contributed by atoms with Gasteiger partial charge in [0.05, 0.1) is 10.6 Å². The smallest absolute Gasteiger partial charge is 0.271 e. The Morgan fingerprint density at radius 2 is 1.87 bits per heavy atom. The maximum atomic E-state index is 13.6. The van der Waals surface area contributed by atoms with Crippen LogP contribution in [-0.2, 0) is 0 Å². The number of nitrogens with one attached hydrogen (secondary N) is 2. The van der Waals surface area contributed by atoms with Crippen LogP contribution in [0.5, 0.6) is 0 Å². The second kappa shape index (κ2) is 6.93. The SMILES string of the molecule is Cc1ccc(C(=O)NC(=S)Nc2cc([N+](=O)[O-])ccc2F)cc1. The molecule has 0 aliphatic rings. The van der Waals surface area contributed by atoms with Crippen molar-refractivity contribution in [2.75, 3.05) is 5.32 Å². The molecule has 0 atom stereocenters. The quantitative estimate of drug-likeness (QED) is 0.512. The van der Waals surface area contributed by atoms with Crippen LogP contribution in [0.3, 0.4) is 0 Å². The van der Waals surface area contributed by atoms with Crippen LogP contribution in [0.1, 0.15) is 15.9 Å². The third kappa shape index (κ3) is 4.30. The van der Waals surface area contributed by atoms with Gasteiger partial charge in [0.25, 0.3) is 11.6 Å². The van der Waals surface area contributed by atoms with Gasteiger partial charge in [0.1, 0.15) is 5.82 Å². The summed E-state index contributed by atoms with van der Waals surface area (Å²) in [5.74, 6) is -1.18. The van der Waals surface area contributed by atoms with Crippen molar-refractivity contribution in [3.63, 3.8) is 0 Å². The molecule has 0 unspecified atom stereocenters. The van der Waals surface area contributed by atoms with Gasteiger partial charge in [0.2, 0.25) is 0 Å². The number of benzene rings is 2. The van der Waals surface area contributed by atoms with Crippen molar-refractivity contribution >= 4 is 34.6 Å². The molecular formula is C15H12FN3O3S. The largest absolute Gasteiger partial charge is 0.330 e. The van der Waals surface area contributed by atoms with Crippen LogP contribution in [0.25, 0.3) is 0 Å². The lowest BCUT2D eigenvalue weighted by molar-refractivity contribution is -0.384. The van der Waals surface area contributed by atoms with Crippen LogP contribution in [0.2, 0.25) is 0 Å². The monoisotopic (exact) mass is 333 g/mol. The number of halogens is 1. The predicted octanol–water partition coefficient (Wildman–Crippen LogP) is 3.17. The van der Waals surface area contributed by atoms with Crippen LogP contribution in [-0.4, -0.2) is 15.9 Å². The van der Waals surface area contributed by atoms with Gasteiger partial charge >= 0.3 is 0 Å². The predicted molar refractivity (Wildman–Crippen MR) is 87.9 cm³/mol. The molecule has 2 N–H and O–H groups in total. The Morgan fingerprint density at radius 3 is 2.48 bits per heavy atom. The summed E-state index contributed by atoms with van der Waals surface area (Å²) in [6.07, 6.45) is 0. The van der Waals surface area contributed by atoms with Gasteiger partial charge in [-0.3, -0.25) is 20.2 Å². The van der Waals surface area contributed by atoms with Gasteiger partial charge in [0.15, 0.2) is 5.11 Å². The average Bonchev–Trinajstić information content (AvgIpc) is 2.49. The molecular weight excluding hydrogens is 321 g/mol. The van der Waals surface area contributed by atoms with E-state index in [1.54, 1.807) is 24.3 Å². The van der Waals surface area contributed by atoms with Crippen molar-refractivity contribution in [1.29, 1.82) is 0 Å². The molecule has 118 valence electrons. The second-order valence-corrected chi connectivity index (χ2v) is 5.10. The van der Waals surface area contributed by atoms with Crippen LogP contribution in [0, 0.1) is 22.9 Å². The summed E-state index contributed by atoms with van der Waals surface area (Å²) in [5.41, 5.74) is 0.912. The number of carbonyl (C=O) groups is 1. The number of non-ortho nitro benzene ring substituents is 1. The number of nitro benzene ring substituents is 1. The van der Waals surface area contributed by atoms with Crippen molar-refractivity contribution in [2.45, 2.75) is 6.92 Å². The number of nitro groups is 1. The van der Waals surface area contributed by atoms with Crippen molar-refractivity contribution in [1.82, 2.24) is 5.32 Å². The fraction of sp³-hybridized carbons (Fsp3) is 0.0667. The standard InChI is InChI=1S/C15H12FN3O3S/c1-9-2-4-10(5-3-9)14(20)18-15(23)17-13-8-11(19(21)22)6-7-12(13)16/h2-8H,1H3,(H2,17,18,20,23). The van der Waals surface area contributed by atoms with Gasteiger partial charge in [-0.25, -0.2) is 4.39 Å². The Hall–Kier alpha value is -2.87. The molecule has 0 aliphatic heterocycles. The maximum absolute atomic E-state index is 13.6. The molecule has 0 aliphatic carbocycles. The highest BCUT2D eigenvalue weighted by atomic mass is 32.1. The zero-order valence-electron chi connectivity index (χ0n) is 12.0. The van der Waals surface area contributed by atoms with Crippen LogP contribution < -0.4 is 10.6 Å². The second-order valence-electron chi connectivity index (χ2n) is 4.70. The third-order valence-electron chi connectivity index (χ3n) is 2.95. The first kappa shape index (κ1) is 16.5. The minimum absolute atomic E-state index is 0.157. The zero-order chi connectivity index (χ0) is 17.0. The number of anilines is 1. The van der Waals surface area contributed by atoms with Gasteiger partial charge in [-0.05, 0) is 37.3 Å². The number of rotatable bonds is 3. The first-order valence-corrected chi connectivity index (χ1v) is 6.90. The molecule has 2 aromatic rings. The van der Waals surface area contributed by atoms with Crippen molar-refractivity contribution in [3.05, 3.63) is 69.5 Å². The first-order valence-electron chi connectivity index (χ1n) is 6.50. The van der Waals surface area contributed by atoms with Crippen molar-refractivity contribution in [3.8, 4) is 0 Å². The Labute approximate surface area is 136 Å². The molecule has 0 fully saturated rings. The first-order chi connectivity index (χ1) is 10.9. The fourth-order valence-corrected chi connectivity index (χ4v) is 1.96. The normalized spacial score (nSPS) is 10.0. The molecule has 1 amide bonds. The van der Waals surface area contributed by atoms with Gasteiger partial charge in [-0.15, -0.1) is 0 Å². The Balaban J connectivity index is 2.07. The Bertz CT molecular complexity index is 778. The Morgan fingerprint density at radius 1 is 1.22 bits per heavy atom. The van der Waals surface area contributed by atoms with Gasteiger partial charge in [-0.1, -0.05) is 17.7 Å². The summed E-state index contributed by atoms with van der Waals surface area (Å²) >= 11 is 4.93. The minimum Gasteiger partial charge on any atom is -0.330 e. The van der Waals surface area contributed by atoms with E-state index in [1.165, 1.54) is 0 Å². The number of carbonyl (C=O) groups excluding carboxylic acids is 1. The Kier molecular flexibility index (Phi) is 4.97. The van der Waals surface area contributed by atoms with E-state index in [0.29, 0.717) is 5.56 Å². The van der Waals surface area contributed by atoms with Crippen LogP contribution in [0.15, 0.2) is 42.5 Å². The van der Waals surface area contributed by atoms with Gasteiger partial charge in [0, 0.05) is 17.7 Å². The van der Waals surface area contributed by atoms with E-state index >= 15 is 0 Å². The number of nitrogens with zero attached hydrogens (tertiary/aromatic N) is 1. The van der Waals surface area contributed by atoms with E-state index in [0.717, 1.165) is 23.8 Å². The molecule has 0 saturated carbocycles. The molecule has 6 nitrogen and oxygen atoms in total. The highest BCUT2D eigenvalue weighted by Gasteiger charge is 2.13. The molecule has 2 rings (SSSR count). The molecule has 0 radical (unpaired) electrons. The third-order valence-corrected chi connectivity index (χ3v) is 3.15. The molecule has 0 saturated heterocycles. The lowest BCUT2D eigenvalue weighted by atomic mass is 10.1. The zero-order valence-corrected chi connectivity index (χ0v) is 12.8. The lowest BCUT2D eigenvalue weighted by Gasteiger charge is -2.10. The van der Waals surface area contributed by atoms with E-state index in [1.807, 2.05) is 6.92 Å². The van der Waals surface area contributed by atoms with Gasteiger partial charge < -0.3 is 5.32 Å². The summed E-state index contributed by atoms with van der Waals surface area (Å²) in [4.78, 5) is 22.0. The molecule has 2 aromatic carbocycles. The molecule has 0 aromatic heterocycles. The number of aryl methyl sites for hydroxylation is 1. The molecule has 0 spiro atoms. The molecule has 0 bridgehead atoms. The van der Waals surface area contributed by atoms with E-state index in [9.17, 15) is 19.3 Å². The molecule has 8 heteroatoms. The minimum atomic E-state index is -0.720. The van der Waals surface area contributed by atoms with Crippen LogP contribution >= 0.6 is 12.2 Å². The lowest BCUT2D eigenvalue weighted by Crippen LogP contribution is -2.34. The number of thiocarbonyl (C=S) groups is 1. The summed E-state index contributed by atoms with van der Waals surface area (Å²) in [5, 5.41) is 15.4. The van der Waals surface area contributed by atoms with Crippen LogP contribution in [0.4, 0.5) is 15.8 Å². The molecule has 0 heterocycles. The maximum Gasteiger partial charge on any atom is 0.271 e. The summed E-state index contributed by atoms with van der Waals surface area (Å²) in [7, 11) is 0. The highest BCUT2D eigenvalue weighted by molar-refractivity contribution is 7.80. The fourth-order valence-electron chi connectivity index (χ4n) is 1.76. The number of hydrogen-bond acceptors (Lipinski definition) is 4. The van der Waals surface area contributed by atoms with Crippen molar-refractivity contribution < 1.29 is 14.1 Å². The number of hydrogen-bond donors (Lipinski definition) is 2.